The molecule has 0 fully saturated rings. The molecule has 1 unspecified atom stereocenters. The van der Waals surface area contributed by atoms with Crippen molar-refractivity contribution >= 4 is 39.3 Å². The molecule has 0 aliphatic rings. The van der Waals surface area contributed by atoms with Gasteiger partial charge in [0.2, 0.25) is 0 Å². The number of amidine groups is 1. The predicted octanol–water partition coefficient (Wildman–Crippen LogP) is 3.87. The number of carbonyl (C=O) groups excluding carboxylic acids is 2. The Hall–Kier alpha value is -4.64. The van der Waals surface area contributed by atoms with Crippen molar-refractivity contribution in [3.63, 3.8) is 0 Å². The van der Waals surface area contributed by atoms with E-state index in [9.17, 15) is 9.59 Å². The zero-order valence-corrected chi connectivity index (χ0v) is 22.0. The van der Waals surface area contributed by atoms with Crippen LogP contribution >= 0.6 is 15.9 Å². The lowest BCUT2D eigenvalue weighted by Gasteiger charge is -2.22. The summed E-state index contributed by atoms with van der Waals surface area (Å²) in [5.74, 6) is -0.367. The van der Waals surface area contributed by atoms with Crippen LogP contribution < -0.4 is 31.4 Å². The number of carbonyl (C=O) groups is 2. The van der Waals surface area contributed by atoms with Gasteiger partial charge in [-0.2, -0.15) is 0 Å². The number of ether oxygens (including phenoxy) is 2. The smallest absolute Gasteiger partial charge is 0.289 e. The van der Waals surface area contributed by atoms with Crippen LogP contribution in [0.25, 0.3) is 0 Å². The third-order valence-electron chi connectivity index (χ3n) is 5.06. The van der Waals surface area contributed by atoms with Crippen LogP contribution in [0, 0.1) is 5.41 Å². The van der Waals surface area contributed by atoms with Crippen molar-refractivity contribution in [1.29, 1.82) is 5.41 Å². The summed E-state index contributed by atoms with van der Waals surface area (Å²) >= 11 is 3.27. The largest absolute Gasteiger partial charge is 0.486 e. The molecular weight excluding hydrogens is 552 g/mol. The van der Waals surface area contributed by atoms with Crippen LogP contribution in [0.4, 0.5) is 5.69 Å². The Morgan fingerprint density at radius 3 is 2.34 bits per heavy atom. The lowest BCUT2D eigenvalue weighted by molar-refractivity contribution is -0.122. The average molecular weight is 579 g/mol. The van der Waals surface area contributed by atoms with Crippen LogP contribution in [0.5, 0.6) is 11.5 Å². The number of pyridine rings is 1. The van der Waals surface area contributed by atoms with Gasteiger partial charge in [-0.3, -0.25) is 25.8 Å². The van der Waals surface area contributed by atoms with Crippen LogP contribution in [-0.4, -0.2) is 35.8 Å². The first-order chi connectivity index (χ1) is 18.3. The molecule has 2 aromatic carbocycles. The summed E-state index contributed by atoms with van der Waals surface area (Å²) in [6.07, 6.45) is 4.67. The Morgan fingerprint density at radius 1 is 1.03 bits per heavy atom. The Kier molecular flexibility index (Phi) is 10.0. The minimum Gasteiger partial charge on any atom is -0.486 e. The first-order valence-corrected chi connectivity index (χ1v) is 12.2. The number of nitrogens with one attached hydrogen (secondary N) is 4. The van der Waals surface area contributed by atoms with Crippen molar-refractivity contribution in [2.75, 3.05) is 18.5 Å². The lowest BCUT2D eigenvalue weighted by atomic mass is 10.0. The molecule has 6 N–H and O–H groups in total. The zero-order valence-electron chi connectivity index (χ0n) is 20.4. The van der Waals surface area contributed by atoms with Crippen molar-refractivity contribution in [3.05, 3.63) is 107 Å². The summed E-state index contributed by atoms with van der Waals surface area (Å²) in [5, 5.41) is 10.7. The quantitative estimate of drug-likeness (QED) is 0.0946. The SMILES string of the molecule is C=CCOc1ccc(C(Nc2ccc(C(=N)N)cc2)C(=O)NNC(=O)c2ncccc2Br)cc1OCC=C. The van der Waals surface area contributed by atoms with Gasteiger partial charge < -0.3 is 20.5 Å². The molecule has 196 valence electrons. The Labute approximate surface area is 228 Å². The first kappa shape index (κ1) is 27.9. The molecule has 10 nitrogen and oxygen atoms in total. The number of hydrazine groups is 1. The molecule has 0 spiro atoms. The van der Waals surface area contributed by atoms with Crippen molar-refractivity contribution in [3.8, 4) is 11.5 Å². The molecule has 0 aliphatic heterocycles. The Balaban J connectivity index is 1.90. The molecule has 2 amide bonds. The van der Waals surface area contributed by atoms with Gasteiger partial charge in [0.05, 0.1) is 0 Å². The normalized spacial score (nSPS) is 11.0. The first-order valence-electron chi connectivity index (χ1n) is 11.4. The highest BCUT2D eigenvalue weighted by Crippen LogP contribution is 2.32. The number of amides is 2. The van der Waals surface area contributed by atoms with E-state index in [0.717, 1.165) is 0 Å². The van der Waals surface area contributed by atoms with Gasteiger partial charge in [0.25, 0.3) is 11.8 Å². The number of nitrogens with two attached hydrogens (primary N) is 1. The standard InChI is InChI=1S/C27H27BrN6O4/c1-3-14-37-21-12-9-18(16-22(21)38-15-4-2)23(32-19-10-7-17(8-11-19)25(29)30)26(35)33-34-27(36)24-20(28)6-5-13-31-24/h3-13,16,23,32H,1-2,14-15H2,(H3,29,30)(H,33,35)(H,34,36). The van der Waals surface area contributed by atoms with Gasteiger partial charge in [-0.05, 0) is 70.0 Å². The molecule has 0 saturated carbocycles. The summed E-state index contributed by atoms with van der Waals surface area (Å²) in [6, 6.07) is 14.1. The fraction of sp³-hybridized carbons (Fsp3) is 0.111. The van der Waals surface area contributed by atoms with E-state index in [-0.39, 0.29) is 24.7 Å². The summed E-state index contributed by atoms with van der Waals surface area (Å²) in [7, 11) is 0. The molecular formula is C27H27BrN6O4. The third kappa shape index (κ3) is 7.43. The monoisotopic (exact) mass is 578 g/mol. The summed E-state index contributed by atoms with van der Waals surface area (Å²) in [5.41, 5.74) is 12.1. The minimum atomic E-state index is -0.967. The van der Waals surface area contributed by atoms with Crippen molar-refractivity contribution in [2.24, 2.45) is 5.73 Å². The highest BCUT2D eigenvalue weighted by atomic mass is 79.9. The van der Waals surface area contributed by atoms with E-state index in [4.69, 9.17) is 20.6 Å². The molecule has 3 aromatic rings. The van der Waals surface area contributed by atoms with Gasteiger partial charge >= 0.3 is 0 Å². The molecule has 1 heterocycles. The van der Waals surface area contributed by atoms with Gasteiger partial charge in [-0.1, -0.05) is 31.4 Å². The Bertz CT molecular complexity index is 1330. The van der Waals surface area contributed by atoms with Gasteiger partial charge in [-0.25, -0.2) is 4.98 Å². The molecule has 1 atom stereocenters. The summed E-state index contributed by atoms with van der Waals surface area (Å²) < 4.78 is 11.9. The highest BCUT2D eigenvalue weighted by molar-refractivity contribution is 9.10. The van der Waals surface area contributed by atoms with Crippen molar-refractivity contribution < 1.29 is 19.1 Å². The second-order valence-corrected chi connectivity index (χ2v) is 8.61. The van der Waals surface area contributed by atoms with Crippen LogP contribution in [0.3, 0.4) is 0 Å². The van der Waals surface area contributed by atoms with Gasteiger partial charge in [0.15, 0.2) is 11.5 Å². The molecule has 11 heteroatoms. The van der Waals surface area contributed by atoms with E-state index in [1.807, 2.05) is 0 Å². The fourth-order valence-corrected chi connectivity index (χ4v) is 3.68. The van der Waals surface area contributed by atoms with E-state index in [2.05, 4.69) is 50.2 Å². The van der Waals surface area contributed by atoms with Crippen LogP contribution in [0.15, 0.2) is 90.6 Å². The molecule has 0 bridgehead atoms. The zero-order chi connectivity index (χ0) is 27.5. The van der Waals surface area contributed by atoms with Gasteiger partial charge in [0.1, 0.15) is 30.8 Å². The number of nitrogens with zero attached hydrogens (tertiary/aromatic N) is 1. The molecule has 0 radical (unpaired) electrons. The number of nitrogen functional groups attached to an aromatic ring is 1. The van der Waals surface area contributed by atoms with Crippen molar-refractivity contribution in [2.45, 2.75) is 6.04 Å². The number of hydrogen-bond donors (Lipinski definition) is 5. The van der Waals surface area contributed by atoms with Crippen LogP contribution in [-0.2, 0) is 4.79 Å². The second-order valence-electron chi connectivity index (χ2n) is 7.75. The number of benzene rings is 2. The predicted molar refractivity (Wildman–Crippen MR) is 149 cm³/mol. The number of anilines is 1. The van der Waals surface area contributed by atoms with Gasteiger partial charge in [-0.15, -0.1) is 0 Å². The lowest BCUT2D eigenvalue weighted by Crippen LogP contribution is -2.45. The van der Waals surface area contributed by atoms with Crippen LogP contribution in [0.1, 0.15) is 27.7 Å². The number of aromatic nitrogens is 1. The van der Waals surface area contributed by atoms with Crippen LogP contribution in [0.2, 0.25) is 0 Å². The Morgan fingerprint density at radius 2 is 1.71 bits per heavy atom. The highest BCUT2D eigenvalue weighted by Gasteiger charge is 2.24. The molecule has 0 aliphatic carbocycles. The van der Waals surface area contributed by atoms with E-state index in [1.54, 1.807) is 66.7 Å². The fourth-order valence-electron chi connectivity index (χ4n) is 3.25. The summed E-state index contributed by atoms with van der Waals surface area (Å²) in [6.45, 7) is 7.81. The number of rotatable bonds is 12. The third-order valence-corrected chi connectivity index (χ3v) is 5.70. The molecule has 38 heavy (non-hydrogen) atoms. The number of halogens is 1. The maximum Gasteiger partial charge on any atom is 0.289 e. The molecule has 3 rings (SSSR count). The van der Waals surface area contributed by atoms with E-state index in [0.29, 0.717) is 32.8 Å². The van der Waals surface area contributed by atoms with Gasteiger partial charge in [0, 0.05) is 21.9 Å². The maximum absolute atomic E-state index is 13.4. The summed E-state index contributed by atoms with van der Waals surface area (Å²) in [4.78, 5) is 30.0. The molecule has 0 saturated heterocycles. The topological polar surface area (TPSA) is 151 Å². The molecule has 1 aromatic heterocycles. The maximum atomic E-state index is 13.4. The average Bonchev–Trinajstić information content (AvgIpc) is 2.93. The minimum absolute atomic E-state index is 0.0756. The van der Waals surface area contributed by atoms with Crippen molar-refractivity contribution in [1.82, 2.24) is 15.8 Å². The van der Waals surface area contributed by atoms with E-state index >= 15 is 0 Å². The number of hydrogen-bond acceptors (Lipinski definition) is 7. The second kappa shape index (κ2) is 13.6. The van der Waals surface area contributed by atoms with E-state index in [1.165, 1.54) is 6.20 Å². The van der Waals surface area contributed by atoms with E-state index < -0.39 is 17.9 Å².